The third kappa shape index (κ3) is 1.47. The summed E-state index contributed by atoms with van der Waals surface area (Å²) in [5, 5.41) is 0. The van der Waals surface area contributed by atoms with Crippen LogP contribution in [-0.2, 0) is 0 Å². The normalized spacial score (nSPS) is 17.5. The molecule has 2 aromatic heterocycles. The van der Waals surface area contributed by atoms with E-state index in [1.165, 1.54) is 0 Å². The predicted octanol–water partition coefficient (Wildman–Crippen LogP) is 1.60. The molecule has 0 spiro atoms. The minimum Gasteiger partial charge on any atom is -0.290 e. The standard InChI is InChI=1S/C11H13BN3O/c16-11-14-10-9(2-1-7-13-10)15(11)8-3-5-12-6-4-8/h1-2,7-8H,3-6H2,(H,13,14,16). The van der Waals surface area contributed by atoms with E-state index in [1.807, 2.05) is 16.7 Å². The zero-order valence-electron chi connectivity index (χ0n) is 9.02. The van der Waals surface area contributed by atoms with Crippen LogP contribution >= 0.6 is 0 Å². The van der Waals surface area contributed by atoms with Gasteiger partial charge in [-0.05, 0) is 25.0 Å². The molecule has 5 heteroatoms. The van der Waals surface area contributed by atoms with Gasteiger partial charge in [-0.25, -0.2) is 9.78 Å². The van der Waals surface area contributed by atoms with E-state index in [2.05, 4.69) is 17.2 Å². The SMILES string of the molecule is O=c1[nH]c2ncccc2n1C1CC[B]CC1. The van der Waals surface area contributed by atoms with Gasteiger partial charge in [-0.15, -0.1) is 0 Å². The molecule has 16 heavy (non-hydrogen) atoms. The van der Waals surface area contributed by atoms with Crippen LogP contribution in [0.4, 0.5) is 0 Å². The molecule has 1 fully saturated rings. The van der Waals surface area contributed by atoms with Crippen LogP contribution in [0.5, 0.6) is 0 Å². The Kier molecular flexibility index (Phi) is 2.31. The molecule has 0 aromatic carbocycles. The Labute approximate surface area is 93.9 Å². The second-order valence-corrected chi connectivity index (χ2v) is 4.27. The number of hydrogen-bond donors (Lipinski definition) is 1. The third-order valence-corrected chi connectivity index (χ3v) is 3.26. The van der Waals surface area contributed by atoms with Crippen molar-refractivity contribution >= 4 is 18.4 Å². The Morgan fingerprint density at radius 2 is 2.25 bits per heavy atom. The first-order chi connectivity index (χ1) is 7.86. The molecule has 1 aliphatic heterocycles. The van der Waals surface area contributed by atoms with Crippen molar-refractivity contribution in [2.75, 3.05) is 0 Å². The fourth-order valence-electron chi connectivity index (χ4n) is 2.49. The quantitative estimate of drug-likeness (QED) is 0.733. The average Bonchev–Trinajstić information content (AvgIpc) is 2.66. The van der Waals surface area contributed by atoms with E-state index in [4.69, 9.17) is 0 Å². The lowest BCUT2D eigenvalue weighted by atomic mass is 9.63. The third-order valence-electron chi connectivity index (χ3n) is 3.26. The van der Waals surface area contributed by atoms with Gasteiger partial charge >= 0.3 is 5.69 Å². The highest BCUT2D eigenvalue weighted by Gasteiger charge is 2.19. The maximum absolute atomic E-state index is 11.9. The molecule has 1 radical (unpaired) electrons. The number of aromatic nitrogens is 3. The first-order valence-electron chi connectivity index (χ1n) is 5.73. The summed E-state index contributed by atoms with van der Waals surface area (Å²) in [7, 11) is 2.30. The van der Waals surface area contributed by atoms with Crippen LogP contribution in [0.1, 0.15) is 18.9 Å². The smallest absolute Gasteiger partial charge is 0.290 e. The van der Waals surface area contributed by atoms with Gasteiger partial charge in [0.15, 0.2) is 5.65 Å². The number of pyridine rings is 1. The fraction of sp³-hybridized carbons (Fsp3) is 0.455. The molecule has 4 nitrogen and oxygen atoms in total. The predicted molar refractivity (Wildman–Crippen MR) is 64.0 cm³/mol. The van der Waals surface area contributed by atoms with E-state index < -0.39 is 0 Å². The highest BCUT2D eigenvalue weighted by atomic mass is 16.1. The first kappa shape index (κ1) is 9.69. The molecule has 0 bridgehead atoms. The van der Waals surface area contributed by atoms with Crippen molar-refractivity contribution in [1.29, 1.82) is 0 Å². The minimum atomic E-state index is -0.0272. The summed E-state index contributed by atoms with van der Waals surface area (Å²) in [5.74, 6) is 0. The molecule has 0 atom stereocenters. The zero-order valence-corrected chi connectivity index (χ0v) is 9.02. The summed E-state index contributed by atoms with van der Waals surface area (Å²) in [6, 6.07) is 4.16. The molecular weight excluding hydrogens is 201 g/mol. The largest absolute Gasteiger partial charge is 0.327 e. The second-order valence-electron chi connectivity index (χ2n) is 4.27. The van der Waals surface area contributed by atoms with Gasteiger partial charge in [0, 0.05) is 12.2 Å². The molecule has 81 valence electrons. The van der Waals surface area contributed by atoms with Gasteiger partial charge in [0.2, 0.25) is 0 Å². The van der Waals surface area contributed by atoms with Crippen LogP contribution in [0.25, 0.3) is 11.2 Å². The Morgan fingerprint density at radius 3 is 3.06 bits per heavy atom. The van der Waals surface area contributed by atoms with E-state index in [0.29, 0.717) is 11.7 Å². The topological polar surface area (TPSA) is 50.7 Å². The van der Waals surface area contributed by atoms with E-state index in [-0.39, 0.29) is 5.69 Å². The van der Waals surface area contributed by atoms with Gasteiger partial charge in [-0.1, -0.05) is 12.6 Å². The monoisotopic (exact) mass is 214 g/mol. The van der Waals surface area contributed by atoms with Gasteiger partial charge in [-0.3, -0.25) is 9.55 Å². The number of fused-ring (bicyclic) bond motifs is 1. The van der Waals surface area contributed by atoms with Crippen molar-refractivity contribution in [2.45, 2.75) is 31.5 Å². The van der Waals surface area contributed by atoms with Gasteiger partial charge < -0.3 is 0 Å². The van der Waals surface area contributed by atoms with Crippen molar-refractivity contribution in [3.8, 4) is 0 Å². The van der Waals surface area contributed by atoms with Gasteiger partial charge in [0.05, 0.1) is 5.52 Å². The van der Waals surface area contributed by atoms with Crippen LogP contribution in [0.2, 0.25) is 12.6 Å². The molecule has 0 aliphatic carbocycles. The highest BCUT2D eigenvalue weighted by molar-refractivity contribution is 6.35. The second kappa shape index (κ2) is 3.81. The number of aromatic amines is 1. The maximum Gasteiger partial charge on any atom is 0.327 e. The Balaban J connectivity index is 2.14. The van der Waals surface area contributed by atoms with Gasteiger partial charge in [0.1, 0.15) is 7.28 Å². The van der Waals surface area contributed by atoms with Crippen LogP contribution in [0, 0.1) is 0 Å². The summed E-state index contributed by atoms with van der Waals surface area (Å²) >= 11 is 0. The van der Waals surface area contributed by atoms with Crippen LogP contribution in [0.3, 0.4) is 0 Å². The summed E-state index contributed by atoms with van der Waals surface area (Å²) in [4.78, 5) is 18.9. The van der Waals surface area contributed by atoms with Crippen LogP contribution < -0.4 is 5.69 Å². The molecule has 1 saturated heterocycles. The number of nitrogens with zero attached hydrogens (tertiary/aromatic N) is 2. The number of imidazole rings is 1. The molecule has 3 heterocycles. The lowest BCUT2D eigenvalue weighted by molar-refractivity contribution is 0.457. The molecule has 0 unspecified atom stereocenters. The van der Waals surface area contributed by atoms with Crippen molar-refractivity contribution in [2.24, 2.45) is 0 Å². The molecular formula is C11H13BN3O. The zero-order chi connectivity index (χ0) is 11.0. The van der Waals surface area contributed by atoms with Crippen LogP contribution in [-0.4, -0.2) is 21.8 Å². The summed E-state index contributed by atoms with van der Waals surface area (Å²) < 4.78 is 1.87. The summed E-state index contributed by atoms with van der Waals surface area (Å²) in [6.07, 6.45) is 6.02. The van der Waals surface area contributed by atoms with Crippen molar-refractivity contribution in [1.82, 2.24) is 14.5 Å². The summed E-state index contributed by atoms with van der Waals surface area (Å²) in [6.45, 7) is 0. The molecule has 1 aliphatic rings. The number of H-pyrrole nitrogens is 1. The Hall–Kier alpha value is -1.52. The number of rotatable bonds is 1. The fourth-order valence-corrected chi connectivity index (χ4v) is 2.49. The molecule has 3 rings (SSSR count). The van der Waals surface area contributed by atoms with Gasteiger partial charge in [-0.2, -0.15) is 0 Å². The maximum atomic E-state index is 11.9. The Bertz CT molecular complexity index is 554. The van der Waals surface area contributed by atoms with E-state index in [1.54, 1.807) is 6.20 Å². The number of nitrogens with one attached hydrogen (secondary N) is 1. The molecule has 0 saturated carbocycles. The van der Waals surface area contributed by atoms with Gasteiger partial charge in [0.25, 0.3) is 0 Å². The lowest BCUT2D eigenvalue weighted by Gasteiger charge is -2.22. The van der Waals surface area contributed by atoms with Crippen LogP contribution in [0.15, 0.2) is 23.1 Å². The average molecular weight is 214 g/mol. The van der Waals surface area contributed by atoms with Crippen molar-refractivity contribution in [3.63, 3.8) is 0 Å². The van der Waals surface area contributed by atoms with E-state index >= 15 is 0 Å². The number of hydrogen-bond acceptors (Lipinski definition) is 2. The lowest BCUT2D eigenvalue weighted by Crippen LogP contribution is -2.24. The molecule has 0 amide bonds. The van der Waals surface area contributed by atoms with E-state index in [0.717, 1.165) is 31.0 Å². The van der Waals surface area contributed by atoms with Crippen molar-refractivity contribution in [3.05, 3.63) is 28.8 Å². The first-order valence-corrected chi connectivity index (χ1v) is 5.73. The van der Waals surface area contributed by atoms with E-state index in [9.17, 15) is 4.79 Å². The minimum absolute atomic E-state index is 0.0272. The molecule has 2 aromatic rings. The van der Waals surface area contributed by atoms with Crippen molar-refractivity contribution < 1.29 is 0 Å². The Morgan fingerprint density at radius 1 is 1.44 bits per heavy atom. The highest BCUT2D eigenvalue weighted by Crippen LogP contribution is 2.26. The summed E-state index contributed by atoms with van der Waals surface area (Å²) in [5.41, 5.74) is 1.60. The molecule has 1 N–H and O–H groups in total.